The van der Waals surface area contributed by atoms with Gasteiger partial charge in [0.15, 0.2) is 0 Å². The average Bonchev–Trinajstić information content (AvgIpc) is 3.64. The van der Waals surface area contributed by atoms with Crippen molar-refractivity contribution >= 4 is 49.8 Å². The number of benzene rings is 8. The van der Waals surface area contributed by atoms with Gasteiger partial charge in [0.2, 0.25) is 0 Å². The molecule has 0 amide bonds. The first-order valence-electron chi connectivity index (χ1n) is 20.1. The van der Waals surface area contributed by atoms with Crippen molar-refractivity contribution in [1.29, 1.82) is 0 Å². The minimum absolute atomic E-state index is 0.0767. The normalized spacial score (nSPS) is 14.0. The summed E-state index contributed by atoms with van der Waals surface area (Å²) < 4.78 is 86.3. The molecule has 0 N–H and O–H groups in total. The maximum Gasteiger partial charge on any atom is 0.143 e. The van der Waals surface area contributed by atoms with Crippen LogP contribution in [0.1, 0.15) is 12.3 Å². The van der Waals surface area contributed by atoms with E-state index in [2.05, 4.69) is 12.1 Å². The topological polar surface area (TPSA) is 16.4 Å². The van der Waals surface area contributed by atoms with Gasteiger partial charge in [0, 0.05) is 33.0 Å². The summed E-state index contributed by atoms with van der Waals surface area (Å²) in [5, 5.41) is 3.81. The number of hydrogen-bond donors (Lipinski definition) is 0. The number of hydrogen-bond acceptors (Lipinski definition) is 2. The molecule has 0 aliphatic rings. The zero-order chi connectivity index (χ0) is 39.7. The lowest BCUT2D eigenvalue weighted by molar-refractivity contribution is 0.673. The van der Waals surface area contributed by atoms with E-state index in [4.69, 9.17) is 11.3 Å². The third-order valence-electron chi connectivity index (χ3n) is 8.64. The van der Waals surface area contributed by atoms with Crippen molar-refractivity contribution in [1.82, 2.24) is 0 Å². The Morgan fingerprint density at radius 1 is 0.438 bits per heavy atom. The molecule has 2 nitrogen and oxygen atoms in total. The lowest BCUT2D eigenvalue weighted by atomic mass is 9.95. The quantitative estimate of drug-likeness (QED) is 0.183. The third kappa shape index (κ3) is 4.74. The Bertz CT molecular complexity index is 3030. The van der Waals surface area contributed by atoms with Crippen molar-refractivity contribution in [3.63, 3.8) is 0 Å². The molecule has 0 spiro atoms. The predicted molar refractivity (Wildman–Crippen MR) is 202 cm³/mol. The molecule has 48 heavy (non-hydrogen) atoms. The highest BCUT2D eigenvalue weighted by molar-refractivity contribution is 6.19. The molecular formula is C46H31NO. The van der Waals surface area contributed by atoms with E-state index in [-0.39, 0.29) is 11.3 Å². The summed E-state index contributed by atoms with van der Waals surface area (Å²) in [7, 11) is 0. The van der Waals surface area contributed by atoms with Gasteiger partial charge in [-0.1, -0.05) is 151 Å². The maximum absolute atomic E-state index is 9.58. The molecule has 9 rings (SSSR count). The predicted octanol–water partition coefficient (Wildman–Crippen LogP) is 13.2. The maximum atomic E-state index is 9.58. The smallest absolute Gasteiger partial charge is 0.143 e. The molecule has 0 fully saturated rings. The van der Waals surface area contributed by atoms with Crippen molar-refractivity contribution in [2.24, 2.45) is 0 Å². The molecule has 0 saturated heterocycles. The van der Waals surface area contributed by atoms with E-state index in [9.17, 15) is 5.48 Å². The molecule has 0 aliphatic carbocycles. The number of furan rings is 1. The van der Waals surface area contributed by atoms with Gasteiger partial charge in [0.05, 0.1) is 23.7 Å². The number of anilines is 3. The van der Waals surface area contributed by atoms with Gasteiger partial charge < -0.3 is 9.32 Å². The first-order chi connectivity index (χ1) is 27.6. The molecule has 226 valence electrons. The van der Waals surface area contributed by atoms with Gasteiger partial charge in [-0.15, -0.1) is 0 Å². The van der Waals surface area contributed by atoms with Crippen LogP contribution in [0.4, 0.5) is 17.1 Å². The van der Waals surface area contributed by atoms with E-state index >= 15 is 0 Å². The number of nitrogens with zero attached hydrogens (tertiary/aromatic N) is 1. The second kappa shape index (κ2) is 11.8. The summed E-state index contributed by atoms with van der Waals surface area (Å²) in [6.07, 6.45) is 0. The molecule has 1 aromatic heterocycles. The zero-order valence-corrected chi connectivity index (χ0v) is 25.6. The van der Waals surface area contributed by atoms with Crippen LogP contribution in [0, 0.1) is 0 Å². The molecule has 0 radical (unpaired) electrons. The van der Waals surface area contributed by atoms with Gasteiger partial charge >= 0.3 is 0 Å². The average molecular weight is 623 g/mol. The molecule has 1 heterocycles. The van der Waals surface area contributed by atoms with Crippen molar-refractivity contribution in [2.45, 2.75) is 0 Å². The lowest BCUT2D eigenvalue weighted by Gasteiger charge is -2.30. The third-order valence-corrected chi connectivity index (χ3v) is 8.64. The summed E-state index contributed by atoms with van der Waals surface area (Å²) >= 11 is 0. The zero-order valence-electron chi connectivity index (χ0n) is 34.6. The van der Waals surface area contributed by atoms with Crippen LogP contribution in [-0.4, -0.2) is 0 Å². The van der Waals surface area contributed by atoms with Gasteiger partial charge in [-0.3, -0.25) is 0 Å². The largest absolute Gasteiger partial charge is 0.455 e. The summed E-state index contributed by atoms with van der Waals surface area (Å²) in [5.74, 6) is 0. The van der Waals surface area contributed by atoms with E-state index in [0.717, 1.165) is 49.4 Å². The molecule has 0 atom stereocenters. The summed E-state index contributed by atoms with van der Waals surface area (Å²) in [5.41, 5.74) is 4.88. The molecular weight excluding hydrogens is 583 g/mol. The van der Waals surface area contributed by atoms with E-state index in [1.807, 2.05) is 121 Å². The fourth-order valence-corrected chi connectivity index (χ4v) is 6.49. The van der Waals surface area contributed by atoms with Gasteiger partial charge in [-0.25, -0.2) is 0 Å². The van der Waals surface area contributed by atoms with Crippen LogP contribution in [0.2, 0.25) is 0 Å². The fourth-order valence-electron chi connectivity index (χ4n) is 6.49. The summed E-state index contributed by atoms with van der Waals surface area (Å²) in [6.45, 7) is 0. The van der Waals surface area contributed by atoms with Gasteiger partial charge in [-0.2, -0.15) is 0 Å². The Hall–Kier alpha value is -6.38. The Morgan fingerprint density at radius 2 is 1.08 bits per heavy atom. The minimum Gasteiger partial charge on any atom is -0.455 e. The van der Waals surface area contributed by atoms with Crippen LogP contribution in [-0.2, 0) is 0 Å². The van der Waals surface area contributed by atoms with E-state index in [0.29, 0.717) is 17.0 Å². The fraction of sp³-hybridized carbons (Fsp3) is 0. The SMILES string of the molecule is [2H]c1c([2H])c([2H])c(-c2c([2H])c([2H])c(N(c3ccccc3-c3ccccc3)c3ccccc3-c3cccc4oc5c6ccccc6ccc5c34)c([2H])c2[2H])c([2H])c1[2H]. The van der Waals surface area contributed by atoms with E-state index < -0.39 is 59.9 Å². The standard InChI is InChI=1S/C46H31NO/c1-3-14-32(15-4-1)33-26-29-36(30-27-33)47(42-23-11-9-19-37(42)34-16-5-2-6-17-34)43-24-12-10-21-39(43)40-22-13-25-44-45(40)41-31-28-35-18-7-8-20-38(35)46(41)48-44/h1-31H/i1D,3D,4D,14D,15D,26D,27D,29D,30D. The first-order valence-corrected chi connectivity index (χ1v) is 15.6. The molecule has 2 heteroatoms. The molecule has 9 aromatic rings. The van der Waals surface area contributed by atoms with E-state index in [1.54, 1.807) is 4.90 Å². The summed E-state index contributed by atoms with van der Waals surface area (Å²) in [6, 6.07) is 37.8. The second-order valence-corrected chi connectivity index (χ2v) is 11.4. The number of fused-ring (bicyclic) bond motifs is 5. The van der Waals surface area contributed by atoms with Crippen LogP contribution in [0.3, 0.4) is 0 Å². The Labute approximate surface area is 292 Å². The monoisotopic (exact) mass is 622 g/mol. The highest BCUT2D eigenvalue weighted by Crippen LogP contribution is 2.47. The van der Waals surface area contributed by atoms with Crippen molar-refractivity contribution in [3.8, 4) is 33.4 Å². The Balaban J connectivity index is 1.37. The van der Waals surface area contributed by atoms with Crippen LogP contribution in [0.5, 0.6) is 0 Å². The van der Waals surface area contributed by atoms with Crippen molar-refractivity contribution in [2.75, 3.05) is 4.90 Å². The second-order valence-electron chi connectivity index (χ2n) is 11.4. The van der Waals surface area contributed by atoms with Gasteiger partial charge in [0.1, 0.15) is 11.2 Å². The molecule has 0 unspecified atom stereocenters. The molecule has 0 bridgehead atoms. The highest BCUT2D eigenvalue weighted by Gasteiger charge is 2.22. The minimum atomic E-state index is -0.631. The van der Waals surface area contributed by atoms with E-state index in [1.165, 1.54) is 0 Å². The van der Waals surface area contributed by atoms with Gasteiger partial charge in [-0.05, 0) is 64.0 Å². The number of para-hydroxylation sites is 2. The number of rotatable bonds is 6. The molecule has 8 aromatic carbocycles. The van der Waals surface area contributed by atoms with Crippen molar-refractivity contribution < 1.29 is 16.8 Å². The molecule has 0 aliphatic heterocycles. The van der Waals surface area contributed by atoms with Crippen LogP contribution >= 0.6 is 0 Å². The summed E-state index contributed by atoms with van der Waals surface area (Å²) in [4.78, 5) is 1.74. The lowest BCUT2D eigenvalue weighted by Crippen LogP contribution is -2.12. The van der Waals surface area contributed by atoms with Crippen LogP contribution in [0.25, 0.3) is 66.1 Å². The van der Waals surface area contributed by atoms with Crippen molar-refractivity contribution in [3.05, 3.63) is 188 Å². The van der Waals surface area contributed by atoms with Crippen LogP contribution in [0.15, 0.2) is 192 Å². The Morgan fingerprint density at radius 3 is 1.90 bits per heavy atom. The van der Waals surface area contributed by atoms with Gasteiger partial charge in [0.25, 0.3) is 0 Å². The Kier molecular flexibility index (Phi) is 4.90. The highest BCUT2D eigenvalue weighted by atomic mass is 16.3. The van der Waals surface area contributed by atoms with Crippen LogP contribution < -0.4 is 4.90 Å². The first kappa shape index (κ1) is 20.0. The molecule has 0 saturated carbocycles.